The molecule has 1 fully saturated rings. The van der Waals surface area contributed by atoms with Crippen LogP contribution in [0.2, 0.25) is 0 Å². The van der Waals surface area contributed by atoms with E-state index < -0.39 is 28.9 Å². The Morgan fingerprint density at radius 1 is 1.22 bits per heavy atom. The van der Waals surface area contributed by atoms with Crippen molar-refractivity contribution in [1.29, 1.82) is 0 Å². The fourth-order valence-electron chi connectivity index (χ4n) is 5.39. The number of halogens is 1. The third-order valence-electron chi connectivity index (χ3n) is 7.89. The number of nitrogens with zero attached hydrogens (tertiary/aromatic N) is 2. The number of aromatic nitrogens is 2. The molecule has 0 bridgehead atoms. The third-order valence-corrected chi connectivity index (χ3v) is 7.89. The van der Waals surface area contributed by atoms with Crippen molar-refractivity contribution in [2.75, 3.05) is 6.54 Å². The van der Waals surface area contributed by atoms with Gasteiger partial charge in [0.25, 0.3) is 11.5 Å². The van der Waals surface area contributed by atoms with Gasteiger partial charge in [0.15, 0.2) is 5.60 Å². The highest BCUT2D eigenvalue weighted by Crippen LogP contribution is 2.40. The number of amides is 1. The van der Waals surface area contributed by atoms with E-state index in [1.54, 1.807) is 26.0 Å². The van der Waals surface area contributed by atoms with Crippen LogP contribution >= 0.6 is 0 Å². The SMILES string of the molecule is CC[C@@]1(O)C(=O)OCc2c1cc1n(c2=O)Cc2c-1nc1cc(F)c(C)cc1c2CCNC(=O)C1(O)CC1. The van der Waals surface area contributed by atoms with Crippen LogP contribution in [0, 0.1) is 12.7 Å². The van der Waals surface area contributed by atoms with Gasteiger partial charge in [0.1, 0.15) is 18.0 Å². The molecule has 192 valence electrons. The molecule has 1 amide bonds. The highest BCUT2D eigenvalue weighted by molar-refractivity contribution is 5.90. The monoisotopic (exact) mass is 507 g/mol. The maximum Gasteiger partial charge on any atom is 0.343 e. The molecule has 2 aromatic heterocycles. The Morgan fingerprint density at radius 3 is 2.68 bits per heavy atom. The van der Waals surface area contributed by atoms with E-state index in [2.05, 4.69) is 5.32 Å². The standard InChI is InChI=1S/C27H26FN3O6/c1-3-27(36)18-9-21-22-16(11-31(21)23(32)17(18)12-37-25(27)34)14(4-7-29-24(33)26(35)5-6-26)15-8-13(2)19(28)10-20(15)30-22/h8-10,35-36H,3-7,11-12H2,1-2H3,(H,29,33)/t27-/m0/s1. The number of hydrogen-bond donors (Lipinski definition) is 3. The van der Waals surface area contributed by atoms with Crippen molar-refractivity contribution in [2.45, 2.75) is 63.9 Å². The molecule has 1 saturated carbocycles. The number of aliphatic hydroxyl groups is 2. The number of pyridine rings is 2. The molecule has 3 aliphatic rings. The number of fused-ring (bicyclic) bond motifs is 5. The van der Waals surface area contributed by atoms with Gasteiger partial charge in [-0.25, -0.2) is 14.2 Å². The lowest BCUT2D eigenvalue weighted by atomic mass is 9.86. The Kier molecular flexibility index (Phi) is 5.09. The molecule has 0 spiro atoms. The topological polar surface area (TPSA) is 131 Å². The first kappa shape index (κ1) is 23.7. The second-order valence-electron chi connectivity index (χ2n) is 10.2. The summed E-state index contributed by atoms with van der Waals surface area (Å²) >= 11 is 0. The number of carbonyl (C=O) groups is 2. The molecule has 2 aliphatic heterocycles. The summed E-state index contributed by atoms with van der Waals surface area (Å²) in [4.78, 5) is 42.9. The van der Waals surface area contributed by atoms with Crippen LogP contribution < -0.4 is 10.9 Å². The van der Waals surface area contributed by atoms with Crippen LogP contribution in [0.25, 0.3) is 22.3 Å². The smallest absolute Gasteiger partial charge is 0.343 e. The molecule has 10 heteroatoms. The fraction of sp³-hybridized carbons (Fsp3) is 0.407. The van der Waals surface area contributed by atoms with Crippen LogP contribution in [0.5, 0.6) is 0 Å². The van der Waals surface area contributed by atoms with Gasteiger partial charge >= 0.3 is 5.97 Å². The maximum atomic E-state index is 14.5. The molecule has 0 radical (unpaired) electrons. The van der Waals surface area contributed by atoms with Crippen molar-refractivity contribution in [3.05, 3.63) is 62.2 Å². The van der Waals surface area contributed by atoms with Crippen LogP contribution in [-0.2, 0) is 39.5 Å². The van der Waals surface area contributed by atoms with Crippen molar-refractivity contribution in [1.82, 2.24) is 14.9 Å². The number of rotatable bonds is 5. The Labute approximate surface area is 210 Å². The summed E-state index contributed by atoms with van der Waals surface area (Å²) in [7, 11) is 0. The normalized spacial score (nSPS) is 20.7. The minimum atomic E-state index is -1.94. The number of nitrogens with one attached hydrogen (secondary N) is 1. The summed E-state index contributed by atoms with van der Waals surface area (Å²) in [5.41, 5.74) is 0.114. The first-order valence-corrected chi connectivity index (χ1v) is 12.4. The summed E-state index contributed by atoms with van der Waals surface area (Å²) in [5, 5.41) is 24.6. The number of benzene rings is 1. The maximum absolute atomic E-state index is 14.5. The summed E-state index contributed by atoms with van der Waals surface area (Å²) in [6.07, 6.45) is 1.27. The summed E-state index contributed by atoms with van der Waals surface area (Å²) in [6.45, 7) is 3.50. The Balaban J connectivity index is 1.50. The Hall–Kier alpha value is -3.63. The molecule has 37 heavy (non-hydrogen) atoms. The lowest BCUT2D eigenvalue weighted by molar-refractivity contribution is -0.172. The average Bonchev–Trinajstić information content (AvgIpc) is 3.52. The van der Waals surface area contributed by atoms with Crippen LogP contribution in [0.4, 0.5) is 4.39 Å². The Bertz CT molecular complexity index is 1590. The second-order valence-corrected chi connectivity index (χ2v) is 10.2. The second kappa shape index (κ2) is 7.93. The molecule has 4 heterocycles. The number of carbonyl (C=O) groups excluding carboxylic acids is 2. The van der Waals surface area contributed by atoms with Gasteiger partial charge in [-0.3, -0.25) is 9.59 Å². The van der Waals surface area contributed by atoms with Crippen molar-refractivity contribution >= 4 is 22.8 Å². The van der Waals surface area contributed by atoms with Gasteiger partial charge in [0, 0.05) is 29.1 Å². The van der Waals surface area contributed by atoms with Gasteiger partial charge in [0.05, 0.1) is 29.0 Å². The molecular formula is C27H26FN3O6. The lowest BCUT2D eigenvalue weighted by Gasteiger charge is -2.31. The molecule has 0 saturated heterocycles. The van der Waals surface area contributed by atoms with E-state index >= 15 is 0 Å². The molecule has 0 unspecified atom stereocenters. The van der Waals surface area contributed by atoms with Gasteiger partial charge < -0.3 is 24.8 Å². The zero-order valence-electron chi connectivity index (χ0n) is 20.5. The zero-order chi connectivity index (χ0) is 26.3. The van der Waals surface area contributed by atoms with Crippen molar-refractivity contribution in [3.8, 4) is 11.4 Å². The number of aryl methyl sites for hydroxylation is 1. The minimum Gasteiger partial charge on any atom is -0.458 e. The van der Waals surface area contributed by atoms with Crippen LogP contribution in [-0.4, -0.2) is 43.8 Å². The van der Waals surface area contributed by atoms with Gasteiger partial charge in [-0.05, 0) is 55.9 Å². The molecule has 1 aromatic carbocycles. The third kappa shape index (κ3) is 3.42. The number of hydrogen-bond acceptors (Lipinski definition) is 7. The number of ether oxygens (including phenoxy) is 1. The van der Waals surface area contributed by atoms with Gasteiger partial charge in [-0.1, -0.05) is 6.92 Å². The quantitative estimate of drug-likeness (QED) is 0.351. The van der Waals surface area contributed by atoms with E-state index in [0.717, 1.165) is 11.1 Å². The number of cyclic esters (lactones) is 1. The van der Waals surface area contributed by atoms with Gasteiger partial charge in [0.2, 0.25) is 0 Å². The fourth-order valence-corrected chi connectivity index (χ4v) is 5.39. The van der Waals surface area contributed by atoms with Crippen molar-refractivity contribution in [2.24, 2.45) is 0 Å². The Morgan fingerprint density at radius 2 is 1.97 bits per heavy atom. The molecule has 1 atom stereocenters. The van der Waals surface area contributed by atoms with E-state index in [1.165, 1.54) is 10.6 Å². The van der Waals surface area contributed by atoms with Gasteiger partial charge in [-0.2, -0.15) is 0 Å². The number of esters is 1. The van der Waals surface area contributed by atoms with E-state index in [0.29, 0.717) is 47.1 Å². The van der Waals surface area contributed by atoms with Crippen LogP contribution in [0.15, 0.2) is 23.0 Å². The molecule has 1 aliphatic carbocycles. The summed E-state index contributed by atoms with van der Waals surface area (Å²) < 4.78 is 21.2. The molecular weight excluding hydrogens is 481 g/mol. The average molecular weight is 508 g/mol. The van der Waals surface area contributed by atoms with E-state index in [1.807, 2.05) is 0 Å². The summed E-state index contributed by atoms with van der Waals surface area (Å²) in [5.74, 6) is -1.64. The first-order valence-electron chi connectivity index (χ1n) is 12.4. The minimum absolute atomic E-state index is 0.0293. The van der Waals surface area contributed by atoms with Crippen LogP contribution in [0.1, 0.15) is 54.0 Å². The predicted octanol–water partition coefficient (Wildman–Crippen LogP) is 1.71. The van der Waals surface area contributed by atoms with Crippen molar-refractivity contribution < 1.29 is 28.9 Å². The molecule has 9 nitrogen and oxygen atoms in total. The summed E-state index contributed by atoms with van der Waals surface area (Å²) in [6, 6.07) is 4.67. The highest BCUT2D eigenvalue weighted by atomic mass is 19.1. The predicted molar refractivity (Wildman–Crippen MR) is 130 cm³/mol. The highest BCUT2D eigenvalue weighted by Gasteiger charge is 2.48. The van der Waals surface area contributed by atoms with Crippen LogP contribution in [0.3, 0.4) is 0 Å². The zero-order valence-corrected chi connectivity index (χ0v) is 20.5. The molecule has 3 aromatic rings. The molecule has 3 N–H and O–H groups in total. The largest absolute Gasteiger partial charge is 0.458 e. The first-order chi connectivity index (χ1) is 17.6. The molecule has 6 rings (SSSR count). The lowest BCUT2D eigenvalue weighted by Crippen LogP contribution is -2.44. The van der Waals surface area contributed by atoms with E-state index in [4.69, 9.17) is 9.72 Å². The van der Waals surface area contributed by atoms with Crippen molar-refractivity contribution in [3.63, 3.8) is 0 Å². The van der Waals surface area contributed by atoms with Gasteiger partial charge in [-0.15, -0.1) is 0 Å². The van der Waals surface area contributed by atoms with E-state index in [9.17, 15) is 29.0 Å². The van der Waals surface area contributed by atoms with E-state index in [-0.39, 0.29) is 42.8 Å².